The summed E-state index contributed by atoms with van der Waals surface area (Å²) in [5.74, 6) is -1.89. The molecule has 1 aromatic heterocycles. The number of imidazole rings is 1. The first-order chi connectivity index (χ1) is 6.64. The minimum absolute atomic E-state index is 0.249. The van der Waals surface area contributed by atoms with Crippen molar-refractivity contribution < 1.29 is 4.79 Å². The molecule has 0 radical (unpaired) electrons. The Morgan fingerprint density at radius 3 is 3.14 bits per heavy atom. The van der Waals surface area contributed by atoms with Gasteiger partial charge in [0.25, 0.3) is 5.91 Å². The first-order valence-corrected chi connectivity index (χ1v) is 3.64. The Morgan fingerprint density at radius 2 is 2.43 bits per heavy atom. The van der Waals surface area contributed by atoms with Gasteiger partial charge in [0.1, 0.15) is 5.69 Å². The van der Waals surface area contributed by atoms with Crippen LogP contribution in [0.1, 0.15) is 10.5 Å². The van der Waals surface area contributed by atoms with Crippen LogP contribution in [0.3, 0.4) is 0 Å². The van der Waals surface area contributed by atoms with Crippen LogP contribution in [0.2, 0.25) is 0 Å². The molecular formula is C5H6N8O. The number of carbonyl (C=O) groups is 1. The average Bonchev–Trinajstić information content (AvgIpc) is 2.51. The third-order valence-corrected chi connectivity index (χ3v) is 1.68. The summed E-state index contributed by atoms with van der Waals surface area (Å²) in [5.41, 5.74) is 14.0. The van der Waals surface area contributed by atoms with Crippen LogP contribution in [0.25, 0.3) is 10.4 Å². The maximum Gasteiger partial charge on any atom is 0.274 e. The van der Waals surface area contributed by atoms with Crippen molar-refractivity contribution in [2.45, 2.75) is 5.91 Å². The standard InChI is InChI=1S/C5H6N8O/c6-5(12-13-7)10-3-2(4(14)11-5)8-1-9-3/h1,10H,6H2,(H,8,9)(H,11,14). The lowest BCUT2D eigenvalue weighted by molar-refractivity contribution is 0.0900. The SMILES string of the molecule is [N-]=[N+]=NC1(N)NC(=O)c2[nH]cnc2N1. The third kappa shape index (κ3) is 1.13. The second kappa shape index (κ2) is 2.62. The van der Waals surface area contributed by atoms with E-state index >= 15 is 0 Å². The summed E-state index contributed by atoms with van der Waals surface area (Å²) < 4.78 is 0. The molecule has 1 atom stereocenters. The average molecular weight is 194 g/mol. The summed E-state index contributed by atoms with van der Waals surface area (Å²) in [6, 6.07) is 0. The molecule has 0 spiro atoms. The number of nitrogens with two attached hydrogens (primary N) is 1. The van der Waals surface area contributed by atoms with Gasteiger partial charge in [-0.2, -0.15) is 0 Å². The molecule has 5 N–H and O–H groups in total. The first kappa shape index (κ1) is 8.35. The molecule has 1 amide bonds. The lowest BCUT2D eigenvalue weighted by atomic mass is 10.3. The smallest absolute Gasteiger partial charge is 0.274 e. The number of azide groups is 1. The number of hydrogen-bond donors (Lipinski definition) is 4. The van der Waals surface area contributed by atoms with Crippen LogP contribution in [0.5, 0.6) is 0 Å². The molecule has 1 unspecified atom stereocenters. The molecule has 1 aliphatic rings. The van der Waals surface area contributed by atoms with Crippen molar-refractivity contribution in [3.05, 3.63) is 22.5 Å². The van der Waals surface area contributed by atoms with E-state index in [4.69, 9.17) is 11.3 Å². The highest BCUT2D eigenvalue weighted by molar-refractivity contribution is 5.99. The first-order valence-electron chi connectivity index (χ1n) is 3.64. The molecule has 9 heteroatoms. The van der Waals surface area contributed by atoms with Gasteiger partial charge >= 0.3 is 0 Å². The van der Waals surface area contributed by atoms with Crippen LogP contribution in [0, 0.1) is 0 Å². The molecule has 0 fully saturated rings. The van der Waals surface area contributed by atoms with Gasteiger partial charge < -0.3 is 15.6 Å². The molecule has 0 aliphatic carbocycles. The van der Waals surface area contributed by atoms with E-state index in [0.29, 0.717) is 0 Å². The number of aromatic nitrogens is 2. The summed E-state index contributed by atoms with van der Waals surface area (Å²) >= 11 is 0. The number of rotatable bonds is 1. The number of amides is 1. The third-order valence-electron chi connectivity index (χ3n) is 1.68. The molecule has 1 aliphatic heterocycles. The monoisotopic (exact) mass is 194 g/mol. The van der Waals surface area contributed by atoms with Gasteiger partial charge in [-0.25, -0.2) is 4.98 Å². The number of nitrogens with zero attached hydrogens (tertiary/aromatic N) is 4. The number of aromatic amines is 1. The molecule has 0 aromatic carbocycles. The predicted molar refractivity (Wildman–Crippen MR) is 45.7 cm³/mol. The van der Waals surface area contributed by atoms with Crippen LogP contribution < -0.4 is 16.4 Å². The second-order valence-corrected chi connectivity index (χ2v) is 2.66. The Hall–Kier alpha value is -2.25. The Bertz CT molecular complexity index is 431. The number of carbonyl (C=O) groups excluding carboxylic acids is 1. The minimum Gasteiger partial charge on any atom is -0.339 e. The van der Waals surface area contributed by atoms with Gasteiger partial charge in [0.2, 0.25) is 5.91 Å². The number of anilines is 1. The highest BCUT2D eigenvalue weighted by Gasteiger charge is 2.34. The van der Waals surface area contributed by atoms with E-state index in [9.17, 15) is 4.79 Å². The zero-order valence-electron chi connectivity index (χ0n) is 6.85. The van der Waals surface area contributed by atoms with E-state index in [1.165, 1.54) is 6.33 Å². The lowest BCUT2D eigenvalue weighted by Crippen LogP contribution is -2.62. The molecule has 0 bridgehead atoms. The van der Waals surface area contributed by atoms with Gasteiger partial charge in [0.05, 0.1) is 6.33 Å². The van der Waals surface area contributed by atoms with Crippen molar-refractivity contribution in [3.8, 4) is 0 Å². The van der Waals surface area contributed by atoms with E-state index in [1.54, 1.807) is 0 Å². The van der Waals surface area contributed by atoms with Gasteiger partial charge in [-0.1, -0.05) is 0 Å². The second-order valence-electron chi connectivity index (χ2n) is 2.66. The fourth-order valence-electron chi connectivity index (χ4n) is 1.13. The summed E-state index contributed by atoms with van der Waals surface area (Å²) in [5, 5.41) is 8.05. The van der Waals surface area contributed by atoms with Crippen molar-refractivity contribution in [1.82, 2.24) is 15.3 Å². The van der Waals surface area contributed by atoms with Gasteiger partial charge in [0, 0.05) is 4.91 Å². The number of H-pyrrole nitrogens is 1. The molecule has 0 saturated carbocycles. The van der Waals surface area contributed by atoms with E-state index in [-0.39, 0.29) is 11.5 Å². The van der Waals surface area contributed by atoms with E-state index in [2.05, 4.69) is 30.6 Å². The van der Waals surface area contributed by atoms with Crippen LogP contribution in [-0.4, -0.2) is 21.8 Å². The van der Waals surface area contributed by atoms with Crippen molar-refractivity contribution in [2.24, 2.45) is 10.8 Å². The topological polar surface area (TPSA) is 145 Å². The van der Waals surface area contributed by atoms with Crippen LogP contribution in [0.15, 0.2) is 11.4 Å². The summed E-state index contributed by atoms with van der Waals surface area (Å²) in [4.78, 5) is 20.3. The summed E-state index contributed by atoms with van der Waals surface area (Å²) in [6.07, 6.45) is 1.33. The van der Waals surface area contributed by atoms with Crippen molar-refractivity contribution in [1.29, 1.82) is 0 Å². The zero-order valence-corrected chi connectivity index (χ0v) is 6.85. The molecule has 2 heterocycles. The predicted octanol–water partition coefficient (Wildman–Crippen LogP) is -0.555. The fourth-order valence-corrected chi connectivity index (χ4v) is 1.13. The number of nitrogens with one attached hydrogen (secondary N) is 3. The van der Waals surface area contributed by atoms with Crippen molar-refractivity contribution >= 4 is 11.7 Å². The lowest BCUT2D eigenvalue weighted by Gasteiger charge is -2.30. The van der Waals surface area contributed by atoms with Crippen LogP contribution >= 0.6 is 0 Å². The van der Waals surface area contributed by atoms with Gasteiger partial charge in [-0.15, -0.1) is 0 Å². The van der Waals surface area contributed by atoms with E-state index in [0.717, 1.165) is 0 Å². The minimum atomic E-state index is -1.66. The molecule has 9 nitrogen and oxygen atoms in total. The van der Waals surface area contributed by atoms with Crippen LogP contribution in [-0.2, 0) is 0 Å². The molecule has 2 rings (SSSR count). The highest BCUT2D eigenvalue weighted by atomic mass is 16.2. The normalized spacial score (nSPS) is 24.2. The number of hydrogen-bond acceptors (Lipinski definition) is 5. The van der Waals surface area contributed by atoms with Gasteiger partial charge in [-0.05, 0) is 10.6 Å². The maximum absolute atomic E-state index is 11.4. The maximum atomic E-state index is 11.4. The molecule has 1 aromatic rings. The zero-order chi connectivity index (χ0) is 10.2. The largest absolute Gasteiger partial charge is 0.339 e. The highest BCUT2D eigenvalue weighted by Crippen LogP contribution is 2.18. The Kier molecular flexibility index (Phi) is 1.56. The molecule has 72 valence electrons. The van der Waals surface area contributed by atoms with E-state index < -0.39 is 11.8 Å². The summed E-state index contributed by atoms with van der Waals surface area (Å²) in [6.45, 7) is 0. The van der Waals surface area contributed by atoms with Crippen LogP contribution in [0.4, 0.5) is 5.82 Å². The molecule has 14 heavy (non-hydrogen) atoms. The van der Waals surface area contributed by atoms with Crippen molar-refractivity contribution in [3.63, 3.8) is 0 Å². The Labute approximate surface area is 77.3 Å². The van der Waals surface area contributed by atoms with Gasteiger partial charge in [-0.3, -0.25) is 10.5 Å². The Morgan fingerprint density at radius 1 is 1.64 bits per heavy atom. The number of fused-ring (bicyclic) bond motifs is 1. The fraction of sp³-hybridized carbons (Fsp3) is 0.200. The molecular weight excluding hydrogens is 188 g/mol. The molecule has 0 saturated heterocycles. The van der Waals surface area contributed by atoms with E-state index in [1.807, 2.05) is 0 Å². The van der Waals surface area contributed by atoms with Crippen molar-refractivity contribution in [2.75, 3.05) is 5.32 Å². The van der Waals surface area contributed by atoms with Gasteiger partial charge in [0.15, 0.2) is 5.82 Å². The summed E-state index contributed by atoms with van der Waals surface area (Å²) in [7, 11) is 0. The Balaban J connectivity index is 2.43. The quantitative estimate of drug-likeness (QED) is 0.270.